The number of hydrogen-bond acceptors (Lipinski definition) is 3. The molecule has 0 saturated heterocycles. The molecule has 8 heteroatoms. The van der Waals surface area contributed by atoms with Gasteiger partial charge in [-0.25, -0.2) is 0 Å². The Balaban J connectivity index is 2.24. The summed E-state index contributed by atoms with van der Waals surface area (Å²) in [5, 5.41) is 10.6. The molecule has 0 unspecified atom stereocenters. The zero-order valence-corrected chi connectivity index (χ0v) is 13.0. The fraction of sp³-hybridized carbons (Fsp3) is 0. The van der Waals surface area contributed by atoms with Crippen LogP contribution in [0.2, 0.25) is 15.2 Å². The van der Waals surface area contributed by atoms with Crippen molar-refractivity contribution in [3.63, 3.8) is 0 Å². The smallest absolute Gasteiger partial charge is 0.276 e. The molecule has 0 saturated carbocycles. The van der Waals surface area contributed by atoms with Gasteiger partial charge in [-0.3, -0.25) is 4.79 Å². The number of hydrogen-bond donors (Lipinski definition) is 1. The van der Waals surface area contributed by atoms with Crippen molar-refractivity contribution in [2.45, 2.75) is 0 Å². The van der Waals surface area contributed by atoms with Crippen LogP contribution in [0.1, 0.15) is 10.5 Å². The van der Waals surface area contributed by atoms with Gasteiger partial charge in [0, 0.05) is 4.47 Å². The summed E-state index contributed by atoms with van der Waals surface area (Å²) in [6, 6.07) is 6.23. The minimum absolute atomic E-state index is 0.125. The van der Waals surface area contributed by atoms with E-state index in [4.69, 9.17) is 34.8 Å². The number of carbonyl (C=O) groups excluding carboxylic acids is 1. The molecule has 1 aromatic heterocycles. The Kier molecular flexibility index (Phi) is 4.62. The Bertz CT molecular complexity index is 634. The lowest BCUT2D eigenvalue weighted by Gasteiger charge is -2.08. The van der Waals surface area contributed by atoms with Crippen LogP contribution < -0.4 is 5.32 Å². The number of rotatable bonds is 2. The molecule has 0 radical (unpaired) electrons. The van der Waals surface area contributed by atoms with E-state index in [0.29, 0.717) is 15.2 Å². The largest absolute Gasteiger partial charge is 0.319 e. The van der Waals surface area contributed by atoms with Gasteiger partial charge in [-0.15, -0.1) is 10.2 Å². The van der Waals surface area contributed by atoms with Crippen molar-refractivity contribution < 1.29 is 4.79 Å². The number of halogens is 4. The van der Waals surface area contributed by atoms with Gasteiger partial charge in [0.1, 0.15) is 0 Å². The van der Waals surface area contributed by atoms with Gasteiger partial charge in [0.25, 0.3) is 5.91 Å². The summed E-state index contributed by atoms with van der Waals surface area (Å²) in [4.78, 5) is 11.9. The third-order valence-corrected chi connectivity index (χ3v) is 4.12. The normalized spacial score (nSPS) is 10.3. The third-order valence-electron chi connectivity index (χ3n) is 2.15. The molecule has 1 heterocycles. The molecule has 19 heavy (non-hydrogen) atoms. The van der Waals surface area contributed by atoms with Crippen molar-refractivity contribution in [3.05, 3.63) is 49.6 Å². The average Bonchev–Trinajstić information content (AvgIpc) is 2.40. The van der Waals surface area contributed by atoms with Crippen LogP contribution in [0.5, 0.6) is 0 Å². The van der Waals surface area contributed by atoms with Crippen LogP contribution in [-0.4, -0.2) is 16.1 Å². The van der Waals surface area contributed by atoms with E-state index in [1.54, 1.807) is 12.1 Å². The summed E-state index contributed by atoms with van der Waals surface area (Å²) in [6.07, 6.45) is 0. The summed E-state index contributed by atoms with van der Waals surface area (Å²) in [5.41, 5.74) is 0.510. The van der Waals surface area contributed by atoms with Crippen LogP contribution in [0.3, 0.4) is 0 Å². The van der Waals surface area contributed by atoms with Gasteiger partial charge >= 0.3 is 0 Å². The minimum atomic E-state index is -0.454. The molecule has 0 spiro atoms. The van der Waals surface area contributed by atoms with Gasteiger partial charge < -0.3 is 5.32 Å². The molecule has 4 nitrogen and oxygen atoms in total. The van der Waals surface area contributed by atoms with E-state index >= 15 is 0 Å². The van der Waals surface area contributed by atoms with E-state index in [0.717, 1.165) is 0 Å². The van der Waals surface area contributed by atoms with Crippen LogP contribution >= 0.6 is 50.7 Å². The summed E-state index contributed by atoms with van der Waals surface area (Å²) in [6.45, 7) is 0. The molecular formula is C11H5BrCl3N3O. The fourth-order valence-electron chi connectivity index (χ4n) is 1.25. The van der Waals surface area contributed by atoms with Crippen molar-refractivity contribution in [2.75, 3.05) is 5.32 Å². The van der Waals surface area contributed by atoms with E-state index in [1.807, 2.05) is 0 Å². The predicted octanol–water partition coefficient (Wildman–Crippen LogP) is 4.45. The molecular weight excluding hydrogens is 376 g/mol. The van der Waals surface area contributed by atoms with Crippen molar-refractivity contribution >= 4 is 62.3 Å². The summed E-state index contributed by atoms with van der Waals surface area (Å²) in [5.74, 6) is -0.454. The van der Waals surface area contributed by atoms with Crippen molar-refractivity contribution in [2.24, 2.45) is 0 Å². The Morgan fingerprint density at radius 2 is 1.79 bits per heavy atom. The van der Waals surface area contributed by atoms with Crippen molar-refractivity contribution in [3.8, 4) is 0 Å². The van der Waals surface area contributed by atoms with Gasteiger partial charge in [-0.1, -0.05) is 34.8 Å². The first kappa shape index (κ1) is 14.5. The molecule has 1 N–H and O–H groups in total. The SMILES string of the molecule is O=C(Nc1ccc(Br)c(Cl)c1Cl)c1ccc(Cl)nn1. The Morgan fingerprint density at radius 3 is 2.42 bits per heavy atom. The van der Waals surface area contributed by atoms with Gasteiger partial charge in [0.15, 0.2) is 10.8 Å². The highest BCUT2D eigenvalue weighted by Gasteiger charge is 2.13. The second-order valence-corrected chi connectivity index (χ2v) is 5.42. The summed E-state index contributed by atoms with van der Waals surface area (Å²) in [7, 11) is 0. The zero-order chi connectivity index (χ0) is 14.0. The number of carbonyl (C=O) groups is 1. The molecule has 2 rings (SSSR count). The lowest BCUT2D eigenvalue weighted by atomic mass is 10.3. The van der Waals surface area contributed by atoms with E-state index in [-0.39, 0.29) is 15.9 Å². The molecule has 0 aliphatic heterocycles. The Hall–Kier alpha value is -0.880. The first-order valence-corrected chi connectivity index (χ1v) is 6.86. The molecule has 2 aromatic rings. The maximum atomic E-state index is 11.9. The molecule has 1 amide bonds. The summed E-state index contributed by atoms with van der Waals surface area (Å²) >= 11 is 20.8. The molecule has 0 atom stereocenters. The maximum Gasteiger partial charge on any atom is 0.276 e. The zero-order valence-electron chi connectivity index (χ0n) is 9.12. The van der Waals surface area contributed by atoms with Gasteiger partial charge in [0.05, 0.1) is 15.7 Å². The first-order valence-electron chi connectivity index (χ1n) is 4.93. The number of amides is 1. The standard InChI is InChI=1S/C11H5BrCl3N3O/c12-5-1-2-6(10(15)9(5)14)16-11(19)7-3-4-8(13)18-17-7/h1-4H,(H,16,19). The second-order valence-electron chi connectivity index (χ2n) is 3.42. The lowest BCUT2D eigenvalue weighted by molar-refractivity contribution is 0.102. The van der Waals surface area contributed by atoms with Crippen molar-refractivity contribution in [1.29, 1.82) is 0 Å². The van der Waals surface area contributed by atoms with Crippen LogP contribution in [0.25, 0.3) is 0 Å². The number of nitrogens with zero attached hydrogens (tertiary/aromatic N) is 2. The summed E-state index contributed by atoms with van der Waals surface area (Å²) < 4.78 is 0.642. The maximum absolute atomic E-state index is 11.9. The van der Waals surface area contributed by atoms with Gasteiger partial charge in [-0.05, 0) is 40.2 Å². The van der Waals surface area contributed by atoms with E-state index in [2.05, 4.69) is 31.4 Å². The quantitative estimate of drug-likeness (QED) is 0.782. The molecule has 0 fully saturated rings. The monoisotopic (exact) mass is 379 g/mol. The number of aromatic nitrogens is 2. The van der Waals surface area contributed by atoms with Crippen LogP contribution in [0.15, 0.2) is 28.7 Å². The molecule has 0 aliphatic carbocycles. The van der Waals surface area contributed by atoms with E-state index < -0.39 is 5.91 Å². The van der Waals surface area contributed by atoms with Gasteiger partial charge in [-0.2, -0.15) is 0 Å². The van der Waals surface area contributed by atoms with Crippen molar-refractivity contribution in [1.82, 2.24) is 10.2 Å². The van der Waals surface area contributed by atoms with E-state index in [9.17, 15) is 4.79 Å². The fourth-order valence-corrected chi connectivity index (χ4v) is 2.17. The molecule has 0 bridgehead atoms. The minimum Gasteiger partial charge on any atom is -0.319 e. The van der Waals surface area contributed by atoms with E-state index in [1.165, 1.54) is 12.1 Å². The number of benzene rings is 1. The first-order chi connectivity index (χ1) is 8.99. The van der Waals surface area contributed by atoms with Gasteiger partial charge in [0.2, 0.25) is 0 Å². The number of nitrogens with one attached hydrogen (secondary N) is 1. The topological polar surface area (TPSA) is 54.9 Å². The highest BCUT2D eigenvalue weighted by molar-refractivity contribution is 9.10. The highest BCUT2D eigenvalue weighted by atomic mass is 79.9. The van der Waals surface area contributed by atoms with Crippen LogP contribution in [0, 0.1) is 0 Å². The Morgan fingerprint density at radius 1 is 1.05 bits per heavy atom. The highest BCUT2D eigenvalue weighted by Crippen LogP contribution is 2.35. The second kappa shape index (κ2) is 6.05. The molecule has 0 aliphatic rings. The predicted molar refractivity (Wildman–Crippen MR) is 79.2 cm³/mol. The van der Waals surface area contributed by atoms with Crippen LogP contribution in [0.4, 0.5) is 5.69 Å². The molecule has 98 valence electrons. The average molecular weight is 381 g/mol. The molecule has 1 aromatic carbocycles. The third kappa shape index (κ3) is 3.36. The number of anilines is 1. The van der Waals surface area contributed by atoms with Crippen LogP contribution in [-0.2, 0) is 0 Å². The Labute approximate surface area is 132 Å². The lowest BCUT2D eigenvalue weighted by Crippen LogP contribution is -2.14.